The Morgan fingerprint density at radius 1 is 0.842 bits per heavy atom. The second-order valence-corrected chi connectivity index (χ2v) is 7.48. The molecule has 0 aromatic rings. The molecular weight excluding hydrogens is 262 g/mol. The Morgan fingerprint density at radius 2 is 1.37 bits per heavy atom. The van der Waals surface area contributed by atoms with Crippen LogP contribution < -0.4 is 0 Å². The minimum Gasteiger partial charge on any atom is -0.381 e. The molecule has 0 aliphatic carbocycles. The molecule has 0 unspecified atom stereocenters. The van der Waals surface area contributed by atoms with Crippen molar-refractivity contribution in [2.45, 2.75) is 32.7 Å². The van der Waals surface area contributed by atoms with Gasteiger partial charge in [-0.2, -0.15) is 0 Å². The highest BCUT2D eigenvalue weighted by molar-refractivity contribution is 6.60. The van der Waals surface area contributed by atoms with Crippen LogP contribution in [0, 0.1) is 0 Å². The van der Waals surface area contributed by atoms with Gasteiger partial charge in [0.1, 0.15) is 0 Å². The summed E-state index contributed by atoms with van der Waals surface area (Å²) >= 11 is 0. The van der Waals surface area contributed by atoms with Crippen LogP contribution in [-0.4, -0.2) is 67.9 Å². The molecule has 0 aliphatic heterocycles. The van der Waals surface area contributed by atoms with Crippen molar-refractivity contribution in [1.29, 1.82) is 0 Å². The normalized spacial score (nSPS) is 12.3. The van der Waals surface area contributed by atoms with Crippen LogP contribution in [-0.2, 0) is 18.0 Å². The predicted molar refractivity (Wildman–Crippen MR) is 79.4 cm³/mol. The number of nitrogens with zero attached hydrogens (tertiary/aromatic N) is 1. The van der Waals surface area contributed by atoms with Crippen molar-refractivity contribution in [2.24, 2.45) is 0 Å². The summed E-state index contributed by atoms with van der Waals surface area (Å²) in [6.07, 6.45) is 2.00. The number of rotatable bonds is 13. The Kier molecular flexibility index (Phi) is 11.8. The first-order valence-corrected chi connectivity index (χ1v) is 9.06. The minimum atomic E-state index is -2.40. The van der Waals surface area contributed by atoms with Crippen LogP contribution in [0.4, 0.5) is 0 Å². The van der Waals surface area contributed by atoms with Crippen molar-refractivity contribution in [3.63, 3.8) is 0 Å². The Bertz CT molecular complexity index is 191. The van der Waals surface area contributed by atoms with Gasteiger partial charge in [0, 0.05) is 47.1 Å². The van der Waals surface area contributed by atoms with Gasteiger partial charge in [0.25, 0.3) is 0 Å². The molecule has 0 bridgehead atoms. The summed E-state index contributed by atoms with van der Waals surface area (Å²) in [5, 5.41) is 0. The largest absolute Gasteiger partial charge is 0.500 e. The molecule has 0 spiro atoms. The van der Waals surface area contributed by atoms with Crippen LogP contribution in [0.15, 0.2) is 0 Å². The van der Waals surface area contributed by atoms with E-state index < -0.39 is 8.80 Å². The summed E-state index contributed by atoms with van der Waals surface area (Å²) in [5.74, 6) is 0. The van der Waals surface area contributed by atoms with E-state index in [4.69, 9.17) is 18.0 Å². The van der Waals surface area contributed by atoms with E-state index in [9.17, 15) is 0 Å². The molecule has 0 aromatic carbocycles. The van der Waals surface area contributed by atoms with E-state index >= 15 is 0 Å². The van der Waals surface area contributed by atoms with E-state index in [2.05, 4.69) is 18.7 Å². The zero-order valence-corrected chi connectivity index (χ0v) is 14.2. The number of hydrogen-bond acceptors (Lipinski definition) is 5. The SMILES string of the molecule is CCN(CC)CCCOCCC[Si](OC)(OC)OC. The van der Waals surface area contributed by atoms with Crippen LogP contribution >= 0.6 is 0 Å². The zero-order chi connectivity index (χ0) is 14.6. The lowest BCUT2D eigenvalue weighted by Crippen LogP contribution is -2.42. The Labute approximate surface area is 119 Å². The predicted octanol–water partition coefficient (Wildman–Crippen LogP) is 2.00. The molecule has 0 atom stereocenters. The first kappa shape index (κ1) is 19.0. The summed E-state index contributed by atoms with van der Waals surface area (Å²) < 4.78 is 21.7. The summed E-state index contributed by atoms with van der Waals surface area (Å²) in [5.41, 5.74) is 0. The van der Waals surface area contributed by atoms with Gasteiger partial charge in [-0.25, -0.2) is 0 Å². The molecule has 0 radical (unpaired) electrons. The molecule has 0 rings (SSSR count). The maximum atomic E-state index is 5.63. The van der Waals surface area contributed by atoms with Crippen LogP contribution in [0.1, 0.15) is 26.7 Å². The Hall–Kier alpha value is 0.0169. The lowest BCUT2D eigenvalue weighted by atomic mass is 10.4. The van der Waals surface area contributed by atoms with Gasteiger partial charge in [-0.15, -0.1) is 0 Å². The third-order valence-corrected chi connectivity index (χ3v) is 6.19. The first-order chi connectivity index (χ1) is 9.17. The van der Waals surface area contributed by atoms with Gasteiger partial charge in [0.15, 0.2) is 0 Å². The van der Waals surface area contributed by atoms with E-state index in [1.807, 2.05) is 0 Å². The maximum Gasteiger partial charge on any atom is 0.500 e. The minimum absolute atomic E-state index is 0.739. The molecule has 0 saturated heterocycles. The fourth-order valence-electron chi connectivity index (χ4n) is 1.98. The number of ether oxygens (including phenoxy) is 1. The molecule has 116 valence electrons. The zero-order valence-electron chi connectivity index (χ0n) is 13.2. The second kappa shape index (κ2) is 11.8. The van der Waals surface area contributed by atoms with E-state index in [1.54, 1.807) is 21.3 Å². The highest BCUT2D eigenvalue weighted by Gasteiger charge is 2.36. The van der Waals surface area contributed by atoms with Gasteiger partial charge in [0.05, 0.1) is 0 Å². The van der Waals surface area contributed by atoms with E-state index in [0.717, 1.165) is 51.7 Å². The highest BCUT2D eigenvalue weighted by atomic mass is 28.4. The smallest absolute Gasteiger partial charge is 0.381 e. The van der Waals surface area contributed by atoms with E-state index in [-0.39, 0.29) is 0 Å². The van der Waals surface area contributed by atoms with Crippen LogP contribution in [0.25, 0.3) is 0 Å². The molecular formula is C13H31NO4Si. The fraction of sp³-hybridized carbons (Fsp3) is 1.00. The van der Waals surface area contributed by atoms with Gasteiger partial charge in [-0.3, -0.25) is 0 Å². The molecule has 0 amide bonds. The van der Waals surface area contributed by atoms with Gasteiger partial charge >= 0.3 is 8.80 Å². The van der Waals surface area contributed by atoms with Crippen molar-refractivity contribution in [3.8, 4) is 0 Å². The van der Waals surface area contributed by atoms with E-state index in [0.29, 0.717) is 0 Å². The molecule has 5 nitrogen and oxygen atoms in total. The Morgan fingerprint density at radius 3 is 1.84 bits per heavy atom. The molecule has 6 heteroatoms. The van der Waals surface area contributed by atoms with Crippen LogP contribution in [0.3, 0.4) is 0 Å². The third kappa shape index (κ3) is 8.01. The van der Waals surface area contributed by atoms with Gasteiger partial charge in [-0.1, -0.05) is 13.8 Å². The van der Waals surface area contributed by atoms with Crippen molar-refractivity contribution in [1.82, 2.24) is 4.90 Å². The molecule has 0 fully saturated rings. The second-order valence-electron chi connectivity index (χ2n) is 4.39. The summed E-state index contributed by atoms with van der Waals surface area (Å²) in [7, 11) is 2.53. The molecule has 0 N–H and O–H groups in total. The third-order valence-electron chi connectivity index (χ3n) is 3.36. The Balaban J connectivity index is 3.54. The lowest BCUT2D eigenvalue weighted by Gasteiger charge is -2.24. The highest BCUT2D eigenvalue weighted by Crippen LogP contribution is 2.14. The topological polar surface area (TPSA) is 40.2 Å². The molecule has 0 aromatic heterocycles. The molecule has 0 heterocycles. The molecule has 0 aliphatic rings. The first-order valence-electron chi connectivity index (χ1n) is 7.13. The molecule has 0 saturated carbocycles. The summed E-state index contributed by atoms with van der Waals surface area (Å²) in [6.45, 7) is 9.27. The van der Waals surface area contributed by atoms with Crippen molar-refractivity contribution < 1.29 is 18.0 Å². The lowest BCUT2D eigenvalue weighted by molar-refractivity contribution is 0.103. The van der Waals surface area contributed by atoms with Gasteiger partial charge in [0.2, 0.25) is 0 Å². The molecule has 19 heavy (non-hydrogen) atoms. The van der Waals surface area contributed by atoms with E-state index in [1.165, 1.54) is 0 Å². The van der Waals surface area contributed by atoms with Gasteiger partial charge < -0.3 is 22.9 Å². The number of hydrogen-bond donors (Lipinski definition) is 0. The van der Waals surface area contributed by atoms with Gasteiger partial charge in [-0.05, 0) is 25.9 Å². The van der Waals surface area contributed by atoms with Crippen molar-refractivity contribution in [3.05, 3.63) is 0 Å². The quantitative estimate of drug-likeness (QED) is 0.384. The van der Waals surface area contributed by atoms with Crippen molar-refractivity contribution in [2.75, 3.05) is 54.2 Å². The monoisotopic (exact) mass is 293 g/mol. The standard InChI is InChI=1S/C13H31NO4Si/c1-6-14(7-2)10-8-11-18-12-9-13-19(15-3,16-4)17-5/h6-13H2,1-5H3. The fourth-order valence-corrected chi connectivity index (χ4v) is 3.67. The van der Waals surface area contributed by atoms with Crippen LogP contribution in [0.5, 0.6) is 0 Å². The average Bonchev–Trinajstić information content (AvgIpc) is 2.47. The maximum absolute atomic E-state index is 5.63. The summed E-state index contributed by atoms with van der Waals surface area (Å²) in [6, 6.07) is 0.798. The average molecular weight is 293 g/mol. The van der Waals surface area contributed by atoms with Crippen molar-refractivity contribution >= 4 is 8.80 Å². The van der Waals surface area contributed by atoms with Crippen LogP contribution in [0.2, 0.25) is 6.04 Å². The summed E-state index contributed by atoms with van der Waals surface area (Å²) in [4.78, 5) is 2.40.